The van der Waals surface area contributed by atoms with Crippen molar-refractivity contribution in [2.45, 2.75) is 13.3 Å². The Morgan fingerprint density at radius 3 is 2.89 bits per heavy atom. The molecule has 5 heteroatoms. The summed E-state index contributed by atoms with van der Waals surface area (Å²) in [6.45, 7) is 3.17. The van der Waals surface area contributed by atoms with Gasteiger partial charge in [0, 0.05) is 19.8 Å². The van der Waals surface area contributed by atoms with Crippen molar-refractivity contribution in [3.63, 3.8) is 0 Å². The van der Waals surface area contributed by atoms with E-state index in [1.807, 2.05) is 7.05 Å². The average molecular weight is 262 g/mol. The summed E-state index contributed by atoms with van der Waals surface area (Å²) in [5.41, 5.74) is 1.98. The molecular weight excluding hydrogens is 244 g/mol. The summed E-state index contributed by atoms with van der Waals surface area (Å²) in [7, 11) is 3.46. The first-order valence-corrected chi connectivity index (χ1v) is 6.23. The van der Waals surface area contributed by atoms with Crippen LogP contribution in [0.1, 0.15) is 29.4 Å². The number of carboxylic acid groups (broad SMARTS) is 1. The molecule has 2 rings (SSSR count). The van der Waals surface area contributed by atoms with E-state index in [0.717, 1.165) is 24.2 Å². The summed E-state index contributed by atoms with van der Waals surface area (Å²) in [5, 5.41) is 9.05. The van der Waals surface area contributed by atoms with E-state index in [1.165, 1.54) is 7.11 Å². The predicted molar refractivity (Wildman–Crippen MR) is 72.1 cm³/mol. The number of hydrogen-bond acceptors (Lipinski definition) is 4. The zero-order valence-electron chi connectivity index (χ0n) is 11.4. The van der Waals surface area contributed by atoms with Crippen LogP contribution in [0.4, 0.5) is 0 Å². The summed E-state index contributed by atoms with van der Waals surface area (Å²) in [6, 6.07) is 3.29. The molecule has 5 nitrogen and oxygen atoms in total. The third-order valence-corrected chi connectivity index (χ3v) is 3.39. The number of aromatic carboxylic acids is 1. The van der Waals surface area contributed by atoms with Crippen molar-refractivity contribution >= 4 is 11.5 Å². The van der Waals surface area contributed by atoms with E-state index < -0.39 is 5.97 Å². The molecule has 1 aliphatic heterocycles. The lowest BCUT2D eigenvalue weighted by atomic mass is 9.92. The second kappa shape index (κ2) is 5.30. The minimum atomic E-state index is -1.03. The van der Waals surface area contributed by atoms with Crippen LogP contribution >= 0.6 is 0 Å². The molecule has 1 aliphatic rings. The van der Waals surface area contributed by atoms with E-state index in [4.69, 9.17) is 9.84 Å². The fourth-order valence-electron chi connectivity index (χ4n) is 2.22. The smallest absolute Gasteiger partial charge is 0.341 e. The van der Waals surface area contributed by atoms with E-state index in [-0.39, 0.29) is 11.4 Å². The Hall–Kier alpha value is -2.04. The topological polar surface area (TPSA) is 62.7 Å². The monoisotopic (exact) mass is 262 g/mol. The number of methoxy groups -OCH3 is 1. The number of rotatable bonds is 3. The molecule has 1 aromatic rings. The van der Waals surface area contributed by atoms with Crippen molar-refractivity contribution in [2.75, 3.05) is 20.7 Å². The average Bonchev–Trinajstić information content (AvgIpc) is 2.40. The van der Waals surface area contributed by atoms with Crippen molar-refractivity contribution < 1.29 is 14.6 Å². The van der Waals surface area contributed by atoms with Crippen LogP contribution in [-0.4, -0.2) is 41.7 Å². The number of ether oxygens (including phenoxy) is 1. The van der Waals surface area contributed by atoms with Gasteiger partial charge >= 0.3 is 5.97 Å². The standard InChI is InChI=1S/C14H18N2O3/c1-9-6-7-16(2)8-11(9)12-5-4-10(14(17)18)13(15-12)19-3/h4-5,8-9H,6-7H2,1-3H3,(H,17,18). The van der Waals surface area contributed by atoms with Gasteiger partial charge in [0.05, 0.1) is 12.8 Å². The number of carboxylic acids is 1. The molecule has 0 aromatic carbocycles. The molecule has 1 atom stereocenters. The van der Waals surface area contributed by atoms with Crippen LogP contribution < -0.4 is 4.74 Å². The van der Waals surface area contributed by atoms with Gasteiger partial charge in [-0.15, -0.1) is 0 Å². The zero-order chi connectivity index (χ0) is 14.0. The Balaban J connectivity index is 2.43. The lowest BCUT2D eigenvalue weighted by molar-refractivity contribution is 0.0692. The Labute approximate surface area is 112 Å². The molecule has 0 amide bonds. The number of allylic oxidation sites excluding steroid dienone is 1. The van der Waals surface area contributed by atoms with E-state index in [1.54, 1.807) is 12.1 Å². The number of pyridine rings is 1. The highest BCUT2D eigenvalue weighted by Crippen LogP contribution is 2.30. The van der Waals surface area contributed by atoms with E-state index >= 15 is 0 Å². The third-order valence-electron chi connectivity index (χ3n) is 3.39. The van der Waals surface area contributed by atoms with Crippen molar-refractivity contribution in [1.29, 1.82) is 0 Å². The highest BCUT2D eigenvalue weighted by Gasteiger charge is 2.20. The second-order valence-corrected chi connectivity index (χ2v) is 4.81. The van der Waals surface area contributed by atoms with Crippen molar-refractivity contribution in [3.8, 4) is 5.88 Å². The lowest BCUT2D eigenvalue weighted by Gasteiger charge is -2.27. The predicted octanol–water partition coefficient (Wildman–Crippen LogP) is 2.10. The molecular formula is C14H18N2O3. The fraction of sp³-hybridized carbons (Fsp3) is 0.429. The van der Waals surface area contributed by atoms with Crippen LogP contribution in [0.25, 0.3) is 5.57 Å². The molecule has 19 heavy (non-hydrogen) atoms. The minimum absolute atomic E-state index is 0.0867. The Bertz CT molecular complexity index is 525. The molecule has 0 aliphatic carbocycles. The van der Waals surface area contributed by atoms with Crippen molar-refractivity contribution in [3.05, 3.63) is 29.6 Å². The summed E-state index contributed by atoms with van der Waals surface area (Å²) in [6.07, 6.45) is 3.13. The van der Waals surface area contributed by atoms with Gasteiger partial charge in [-0.05, 0) is 30.0 Å². The van der Waals surface area contributed by atoms with Gasteiger partial charge in [0.25, 0.3) is 0 Å². The highest BCUT2D eigenvalue weighted by molar-refractivity contribution is 5.90. The maximum atomic E-state index is 11.0. The fourth-order valence-corrected chi connectivity index (χ4v) is 2.22. The Morgan fingerprint density at radius 2 is 2.26 bits per heavy atom. The van der Waals surface area contributed by atoms with Gasteiger partial charge in [0.15, 0.2) is 0 Å². The summed E-state index contributed by atoms with van der Waals surface area (Å²) in [5.74, 6) is -0.464. The first-order valence-electron chi connectivity index (χ1n) is 6.23. The summed E-state index contributed by atoms with van der Waals surface area (Å²) < 4.78 is 5.07. The molecule has 1 aromatic heterocycles. The summed E-state index contributed by atoms with van der Waals surface area (Å²) >= 11 is 0. The normalized spacial score (nSPS) is 19.0. The van der Waals surface area contributed by atoms with E-state index in [0.29, 0.717) is 5.92 Å². The Morgan fingerprint density at radius 1 is 1.53 bits per heavy atom. The SMILES string of the molecule is COc1nc(C2=CN(C)CCC2C)ccc1C(=O)O. The van der Waals surface area contributed by atoms with Gasteiger partial charge in [-0.2, -0.15) is 0 Å². The minimum Gasteiger partial charge on any atom is -0.480 e. The van der Waals surface area contributed by atoms with Gasteiger partial charge in [-0.3, -0.25) is 0 Å². The van der Waals surface area contributed by atoms with Crippen LogP contribution in [0.2, 0.25) is 0 Å². The largest absolute Gasteiger partial charge is 0.480 e. The molecule has 0 fully saturated rings. The quantitative estimate of drug-likeness (QED) is 0.903. The van der Waals surface area contributed by atoms with Crippen LogP contribution in [-0.2, 0) is 0 Å². The first kappa shape index (κ1) is 13.4. The molecule has 0 bridgehead atoms. The Kier molecular flexibility index (Phi) is 3.74. The maximum absolute atomic E-state index is 11.0. The van der Waals surface area contributed by atoms with Gasteiger partial charge in [-0.25, -0.2) is 9.78 Å². The lowest BCUT2D eigenvalue weighted by Crippen LogP contribution is -2.22. The highest BCUT2D eigenvalue weighted by atomic mass is 16.5. The second-order valence-electron chi connectivity index (χ2n) is 4.81. The molecule has 0 radical (unpaired) electrons. The molecule has 0 spiro atoms. The molecule has 2 heterocycles. The van der Waals surface area contributed by atoms with Crippen LogP contribution in [0.15, 0.2) is 18.3 Å². The molecule has 0 saturated carbocycles. The third kappa shape index (κ3) is 2.70. The van der Waals surface area contributed by atoms with Crippen LogP contribution in [0.5, 0.6) is 5.88 Å². The first-order chi connectivity index (χ1) is 9.02. The van der Waals surface area contributed by atoms with Gasteiger partial charge in [0.2, 0.25) is 5.88 Å². The van der Waals surface area contributed by atoms with Gasteiger partial charge in [0.1, 0.15) is 5.56 Å². The molecule has 0 saturated heterocycles. The number of aromatic nitrogens is 1. The van der Waals surface area contributed by atoms with Crippen molar-refractivity contribution in [1.82, 2.24) is 9.88 Å². The van der Waals surface area contributed by atoms with E-state index in [9.17, 15) is 4.79 Å². The van der Waals surface area contributed by atoms with Gasteiger partial charge in [-0.1, -0.05) is 6.92 Å². The maximum Gasteiger partial charge on any atom is 0.341 e. The number of nitrogens with zero attached hydrogens (tertiary/aromatic N) is 2. The van der Waals surface area contributed by atoms with Crippen LogP contribution in [0.3, 0.4) is 0 Å². The van der Waals surface area contributed by atoms with Crippen molar-refractivity contribution in [2.24, 2.45) is 5.92 Å². The number of hydrogen-bond donors (Lipinski definition) is 1. The molecule has 1 unspecified atom stereocenters. The zero-order valence-corrected chi connectivity index (χ0v) is 11.4. The number of carbonyl (C=O) groups is 1. The van der Waals surface area contributed by atoms with Crippen LogP contribution in [0, 0.1) is 5.92 Å². The van der Waals surface area contributed by atoms with Gasteiger partial charge < -0.3 is 14.7 Å². The summed E-state index contributed by atoms with van der Waals surface area (Å²) in [4.78, 5) is 17.5. The molecule has 1 N–H and O–H groups in total. The van der Waals surface area contributed by atoms with E-state index in [2.05, 4.69) is 23.0 Å². The molecule has 102 valence electrons.